The number of anilines is 2. The number of hydrogen-bond donors (Lipinski definition) is 2. The van der Waals surface area contributed by atoms with Gasteiger partial charge in [0, 0.05) is 5.54 Å². The molecule has 2 rings (SSSR count). The minimum atomic E-state index is -0.0166. The first-order valence-electron chi connectivity index (χ1n) is 5.94. The molecule has 0 atom stereocenters. The Balaban J connectivity index is 2.14. The lowest BCUT2D eigenvalue weighted by atomic mass is 9.99. The van der Waals surface area contributed by atoms with E-state index in [2.05, 4.69) is 34.1 Å². The molecule has 1 aliphatic rings. The first-order valence-corrected chi connectivity index (χ1v) is 5.94. The average molecular weight is 237 g/mol. The van der Waals surface area contributed by atoms with Crippen molar-refractivity contribution in [3.63, 3.8) is 0 Å². The molecule has 1 aromatic heterocycles. The van der Waals surface area contributed by atoms with Crippen LogP contribution in [-0.2, 0) is 0 Å². The van der Waals surface area contributed by atoms with Gasteiger partial charge >= 0.3 is 6.01 Å². The fourth-order valence-corrected chi connectivity index (χ4v) is 1.82. The molecular weight excluding hydrogens is 218 g/mol. The summed E-state index contributed by atoms with van der Waals surface area (Å²) in [7, 11) is 0. The Kier molecular flexibility index (Phi) is 3.04. The Morgan fingerprint density at radius 2 is 2.06 bits per heavy atom. The van der Waals surface area contributed by atoms with E-state index in [1.165, 1.54) is 12.8 Å². The Morgan fingerprint density at radius 3 is 2.65 bits per heavy atom. The lowest BCUT2D eigenvalue weighted by Gasteiger charge is -2.26. The van der Waals surface area contributed by atoms with Crippen LogP contribution in [0.3, 0.4) is 0 Å². The maximum absolute atomic E-state index is 5.62. The summed E-state index contributed by atoms with van der Waals surface area (Å²) in [6.45, 7) is 6.67. The monoisotopic (exact) mass is 237 g/mol. The van der Waals surface area contributed by atoms with Gasteiger partial charge in [0.2, 0.25) is 11.9 Å². The van der Waals surface area contributed by atoms with Crippen molar-refractivity contribution in [2.75, 3.05) is 17.7 Å². The lowest BCUT2D eigenvalue weighted by molar-refractivity contribution is 0.312. The molecule has 0 bridgehead atoms. The summed E-state index contributed by atoms with van der Waals surface area (Å²) >= 11 is 0. The summed E-state index contributed by atoms with van der Waals surface area (Å²) in [5.74, 6) is 1.34. The van der Waals surface area contributed by atoms with Gasteiger partial charge in [0.15, 0.2) is 0 Å². The van der Waals surface area contributed by atoms with Crippen molar-refractivity contribution < 1.29 is 4.74 Å². The molecule has 1 aliphatic carbocycles. The van der Waals surface area contributed by atoms with Gasteiger partial charge in [-0.05, 0) is 39.5 Å². The van der Waals surface area contributed by atoms with Crippen LogP contribution in [-0.4, -0.2) is 27.1 Å². The number of nitrogen functional groups attached to an aromatic ring is 1. The van der Waals surface area contributed by atoms with E-state index < -0.39 is 0 Å². The van der Waals surface area contributed by atoms with Gasteiger partial charge in [0.25, 0.3) is 0 Å². The van der Waals surface area contributed by atoms with Crippen LogP contribution < -0.4 is 15.8 Å². The van der Waals surface area contributed by atoms with Gasteiger partial charge in [-0.25, -0.2) is 0 Å². The fraction of sp³-hybridized carbons (Fsp3) is 0.727. The molecular formula is C11H19N5O. The van der Waals surface area contributed by atoms with Gasteiger partial charge in [0.1, 0.15) is 0 Å². The van der Waals surface area contributed by atoms with Gasteiger partial charge in [-0.3, -0.25) is 0 Å². The van der Waals surface area contributed by atoms with Crippen LogP contribution in [0.5, 0.6) is 6.01 Å². The Morgan fingerprint density at radius 1 is 1.35 bits per heavy atom. The highest BCUT2D eigenvalue weighted by Gasteiger charge is 2.38. The third kappa shape index (κ3) is 2.95. The number of nitrogens with zero attached hydrogens (tertiary/aromatic N) is 3. The molecule has 0 aliphatic heterocycles. The quantitative estimate of drug-likeness (QED) is 0.806. The number of rotatable bonds is 5. The minimum absolute atomic E-state index is 0.0166. The van der Waals surface area contributed by atoms with E-state index >= 15 is 0 Å². The SMILES string of the molecule is CCOc1nc(N)nc(NC(C)(C)C2CC2)n1. The summed E-state index contributed by atoms with van der Waals surface area (Å²) in [6, 6.07) is 0.272. The topological polar surface area (TPSA) is 86.0 Å². The highest BCUT2D eigenvalue weighted by Crippen LogP contribution is 2.40. The molecule has 94 valence electrons. The third-order valence-corrected chi connectivity index (χ3v) is 2.94. The Bertz CT molecular complexity index is 403. The zero-order valence-electron chi connectivity index (χ0n) is 10.5. The zero-order chi connectivity index (χ0) is 12.5. The van der Waals surface area contributed by atoms with Crippen LogP contribution in [0.15, 0.2) is 0 Å². The van der Waals surface area contributed by atoms with Gasteiger partial charge in [0.05, 0.1) is 6.61 Å². The van der Waals surface area contributed by atoms with Crippen LogP contribution >= 0.6 is 0 Å². The summed E-state index contributed by atoms with van der Waals surface area (Å²) in [4.78, 5) is 12.2. The third-order valence-electron chi connectivity index (χ3n) is 2.94. The lowest BCUT2D eigenvalue weighted by Crippen LogP contribution is -2.34. The zero-order valence-corrected chi connectivity index (χ0v) is 10.5. The minimum Gasteiger partial charge on any atom is -0.464 e. The molecule has 1 aromatic rings. The highest BCUT2D eigenvalue weighted by molar-refractivity contribution is 5.35. The maximum atomic E-state index is 5.62. The number of aromatic nitrogens is 3. The summed E-state index contributed by atoms with van der Waals surface area (Å²) in [5.41, 5.74) is 5.60. The molecule has 6 heteroatoms. The van der Waals surface area contributed by atoms with E-state index in [4.69, 9.17) is 10.5 Å². The molecule has 0 radical (unpaired) electrons. The molecule has 0 amide bonds. The molecule has 1 heterocycles. The largest absolute Gasteiger partial charge is 0.464 e. The first kappa shape index (κ1) is 11.9. The molecule has 1 saturated carbocycles. The van der Waals surface area contributed by atoms with Crippen LogP contribution in [0.2, 0.25) is 0 Å². The summed E-state index contributed by atoms with van der Waals surface area (Å²) in [6.07, 6.45) is 2.50. The molecule has 1 fully saturated rings. The van der Waals surface area contributed by atoms with E-state index in [1.54, 1.807) is 0 Å². The summed E-state index contributed by atoms with van der Waals surface area (Å²) < 4.78 is 5.24. The Hall–Kier alpha value is -1.59. The van der Waals surface area contributed by atoms with Crippen LogP contribution in [0, 0.1) is 5.92 Å². The normalized spacial score (nSPS) is 15.7. The predicted octanol–water partition coefficient (Wildman–Crippen LogP) is 1.45. The molecule has 0 saturated heterocycles. The van der Waals surface area contributed by atoms with E-state index in [0.29, 0.717) is 18.5 Å². The second kappa shape index (κ2) is 4.35. The molecule has 0 spiro atoms. The van der Waals surface area contributed by atoms with Crippen molar-refractivity contribution in [2.45, 2.75) is 39.2 Å². The average Bonchev–Trinajstić information content (AvgIpc) is 2.98. The fourth-order valence-electron chi connectivity index (χ4n) is 1.82. The van der Waals surface area contributed by atoms with Crippen LogP contribution in [0.4, 0.5) is 11.9 Å². The van der Waals surface area contributed by atoms with E-state index in [-0.39, 0.29) is 17.5 Å². The molecule has 17 heavy (non-hydrogen) atoms. The predicted molar refractivity (Wildman–Crippen MR) is 65.8 cm³/mol. The van der Waals surface area contributed by atoms with Gasteiger partial charge < -0.3 is 15.8 Å². The number of hydrogen-bond acceptors (Lipinski definition) is 6. The highest BCUT2D eigenvalue weighted by atomic mass is 16.5. The van der Waals surface area contributed by atoms with Crippen molar-refractivity contribution >= 4 is 11.9 Å². The maximum Gasteiger partial charge on any atom is 0.323 e. The molecule has 3 N–H and O–H groups in total. The smallest absolute Gasteiger partial charge is 0.323 e. The van der Waals surface area contributed by atoms with Gasteiger partial charge in [-0.1, -0.05) is 0 Å². The molecule has 0 unspecified atom stereocenters. The molecule has 0 aromatic carbocycles. The van der Waals surface area contributed by atoms with Gasteiger partial charge in [-0.15, -0.1) is 0 Å². The number of nitrogens with two attached hydrogens (primary N) is 1. The first-order chi connectivity index (χ1) is 8.01. The van der Waals surface area contributed by atoms with Crippen molar-refractivity contribution in [2.24, 2.45) is 5.92 Å². The Labute approximate surface area is 101 Å². The van der Waals surface area contributed by atoms with E-state index in [1.807, 2.05) is 6.92 Å². The van der Waals surface area contributed by atoms with Gasteiger partial charge in [-0.2, -0.15) is 15.0 Å². The van der Waals surface area contributed by atoms with Crippen molar-refractivity contribution in [1.29, 1.82) is 0 Å². The van der Waals surface area contributed by atoms with Crippen molar-refractivity contribution in [1.82, 2.24) is 15.0 Å². The van der Waals surface area contributed by atoms with E-state index in [0.717, 1.165) is 0 Å². The van der Waals surface area contributed by atoms with E-state index in [9.17, 15) is 0 Å². The standard InChI is InChI=1S/C11H19N5O/c1-4-17-10-14-8(12)13-9(15-10)16-11(2,3)7-5-6-7/h7H,4-6H2,1-3H3,(H3,12,13,14,15,16). The second-order valence-corrected chi connectivity index (χ2v) is 4.85. The number of nitrogens with one attached hydrogen (secondary N) is 1. The van der Waals surface area contributed by atoms with Crippen molar-refractivity contribution in [3.8, 4) is 6.01 Å². The van der Waals surface area contributed by atoms with Crippen molar-refractivity contribution in [3.05, 3.63) is 0 Å². The second-order valence-electron chi connectivity index (χ2n) is 4.85. The van der Waals surface area contributed by atoms with Crippen LogP contribution in [0.25, 0.3) is 0 Å². The summed E-state index contributed by atoms with van der Waals surface area (Å²) in [5, 5.41) is 3.30. The number of ether oxygens (including phenoxy) is 1. The van der Waals surface area contributed by atoms with Crippen LogP contribution in [0.1, 0.15) is 33.6 Å². The molecule has 6 nitrogen and oxygen atoms in total.